The van der Waals surface area contributed by atoms with Gasteiger partial charge in [-0.25, -0.2) is 0 Å². The molecule has 0 bridgehead atoms. The lowest BCUT2D eigenvalue weighted by Gasteiger charge is -2.03. The summed E-state index contributed by atoms with van der Waals surface area (Å²) in [4.78, 5) is 10.3. The molecular formula is C11H13BrN2O2. The number of benzene rings is 1. The zero-order valence-corrected chi connectivity index (χ0v) is 10.5. The second-order valence-electron chi connectivity index (χ2n) is 3.42. The first-order valence-electron chi connectivity index (χ1n) is 4.83. The molecule has 0 saturated carbocycles. The van der Waals surface area contributed by atoms with E-state index in [9.17, 15) is 10.1 Å². The van der Waals surface area contributed by atoms with E-state index in [1.807, 2.05) is 25.1 Å². The summed E-state index contributed by atoms with van der Waals surface area (Å²) < 4.78 is 0. The van der Waals surface area contributed by atoms with E-state index in [1.54, 1.807) is 0 Å². The standard InChI is InChI=1S/C11H13BrN2O2/c1-8-6-9(4-2-3-5-12)11(13)10(7-8)14(15)16/h2,4,6-7H,3,5,13H2,1H3. The third kappa shape index (κ3) is 3.06. The largest absolute Gasteiger partial charge is 0.393 e. The van der Waals surface area contributed by atoms with Crippen molar-refractivity contribution in [2.75, 3.05) is 11.1 Å². The van der Waals surface area contributed by atoms with Crippen LogP contribution in [0.4, 0.5) is 11.4 Å². The Hall–Kier alpha value is -1.36. The van der Waals surface area contributed by atoms with Gasteiger partial charge in [-0.2, -0.15) is 0 Å². The summed E-state index contributed by atoms with van der Waals surface area (Å²) in [5, 5.41) is 11.6. The molecule has 16 heavy (non-hydrogen) atoms. The van der Waals surface area contributed by atoms with E-state index in [0.29, 0.717) is 5.56 Å². The summed E-state index contributed by atoms with van der Waals surface area (Å²) in [5.41, 5.74) is 7.46. The van der Waals surface area contributed by atoms with Crippen molar-refractivity contribution >= 4 is 33.4 Å². The predicted molar refractivity (Wildman–Crippen MR) is 69.7 cm³/mol. The summed E-state index contributed by atoms with van der Waals surface area (Å²) in [5.74, 6) is 0. The SMILES string of the molecule is Cc1cc(C=CCCBr)c(N)c([N+](=O)[O-])c1. The van der Waals surface area contributed by atoms with E-state index in [-0.39, 0.29) is 11.4 Å². The lowest BCUT2D eigenvalue weighted by atomic mass is 10.1. The third-order valence-corrected chi connectivity index (χ3v) is 2.56. The van der Waals surface area contributed by atoms with E-state index in [2.05, 4.69) is 15.9 Å². The molecular weight excluding hydrogens is 272 g/mol. The number of hydrogen-bond acceptors (Lipinski definition) is 3. The quantitative estimate of drug-likeness (QED) is 0.399. The fraction of sp³-hybridized carbons (Fsp3) is 0.273. The number of nitrogen functional groups attached to an aromatic ring is 1. The van der Waals surface area contributed by atoms with E-state index < -0.39 is 4.92 Å². The Morgan fingerprint density at radius 2 is 2.25 bits per heavy atom. The van der Waals surface area contributed by atoms with E-state index in [1.165, 1.54) is 6.07 Å². The molecule has 4 nitrogen and oxygen atoms in total. The van der Waals surface area contributed by atoms with Gasteiger partial charge in [-0.3, -0.25) is 10.1 Å². The van der Waals surface area contributed by atoms with Gasteiger partial charge in [-0.1, -0.05) is 28.1 Å². The molecule has 0 aliphatic heterocycles. The third-order valence-electron chi connectivity index (χ3n) is 2.10. The van der Waals surface area contributed by atoms with Gasteiger partial charge < -0.3 is 5.73 Å². The number of hydrogen-bond donors (Lipinski definition) is 1. The normalized spacial score (nSPS) is 10.9. The topological polar surface area (TPSA) is 69.2 Å². The van der Waals surface area contributed by atoms with Crippen LogP contribution < -0.4 is 5.73 Å². The van der Waals surface area contributed by atoms with Crippen molar-refractivity contribution in [3.63, 3.8) is 0 Å². The maximum atomic E-state index is 10.8. The molecule has 0 aromatic heterocycles. The molecule has 1 aromatic carbocycles. The number of nitrogens with two attached hydrogens (primary N) is 1. The van der Waals surface area contributed by atoms with Crippen LogP contribution in [0.5, 0.6) is 0 Å². The number of nitro benzene ring substituents is 1. The van der Waals surface area contributed by atoms with Crippen molar-refractivity contribution in [3.05, 3.63) is 39.4 Å². The zero-order chi connectivity index (χ0) is 12.1. The molecule has 0 saturated heterocycles. The molecule has 0 aliphatic carbocycles. The molecule has 2 N–H and O–H groups in total. The molecule has 0 amide bonds. The van der Waals surface area contributed by atoms with Gasteiger partial charge in [0, 0.05) is 17.0 Å². The maximum absolute atomic E-state index is 10.8. The van der Waals surface area contributed by atoms with Gasteiger partial charge in [0.25, 0.3) is 5.69 Å². The fourth-order valence-electron chi connectivity index (χ4n) is 1.37. The number of alkyl halides is 1. The van der Waals surface area contributed by atoms with Crippen LogP contribution in [0.15, 0.2) is 18.2 Å². The van der Waals surface area contributed by atoms with Gasteiger partial charge in [0.2, 0.25) is 0 Å². The predicted octanol–water partition coefficient (Wildman–Crippen LogP) is 3.28. The molecule has 0 spiro atoms. The first-order valence-corrected chi connectivity index (χ1v) is 5.95. The number of halogens is 1. The molecule has 1 rings (SSSR count). The summed E-state index contributed by atoms with van der Waals surface area (Å²) in [7, 11) is 0. The van der Waals surface area contributed by atoms with Crippen LogP contribution in [0.3, 0.4) is 0 Å². The van der Waals surface area contributed by atoms with E-state index in [0.717, 1.165) is 17.3 Å². The van der Waals surface area contributed by atoms with E-state index in [4.69, 9.17) is 5.73 Å². The minimum atomic E-state index is -0.454. The molecule has 0 unspecified atom stereocenters. The van der Waals surface area contributed by atoms with Gasteiger partial charge in [-0.15, -0.1) is 0 Å². The number of nitrogens with zero attached hydrogens (tertiary/aromatic N) is 1. The Bertz CT molecular complexity index is 430. The van der Waals surface area contributed by atoms with Crippen molar-refractivity contribution in [2.24, 2.45) is 0 Å². The minimum absolute atomic E-state index is 0.0292. The Balaban J connectivity index is 3.14. The number of aryl methyl sites for hydroxylation is 1. The number of anilines is 1. The molecule has 0 fully saturated rings. The van der Waals surface area contributed by atoms with Gasteiger partial charge in [0.05, 0.1) is 4.92 Å². The van der Waals surface area contributed by atoms with Crippen LogP contribution in [-0.4, -0.2) is 10.3 Å². The fourth-order valence-corrected chi connectivity index (χ4v) is 1.63. The molecule has 5 heteroatoms. The Morgan fingerprint density at radius 3 is 2.81 bits per heavy atom. The highest BCUT2D eigenvalue weighted by Crippen LogP contribution is 2.27. The lowest BCUT2D eigenvalue weighted by molar-refractivity contribution is -0.383. The van der Waals surface area contributed by atoms with E-state index >= 15 is 0 Å². The van der Waals surface area contributed by atoms with Gasteiger partial charge in [0.1, 0.15) is 5.69 Å². The molecule has 0 radical (unpaired) electrons. The molecule has 0 aliphatic rings. The highest BCUT2D eigenvalue weighted by molar-refractivity contribution is 9.09. The van der Waals surface area contributed by atoms with Crippen LogP contribution in [0.1, 0.15) is 17.5 Å². The van der Waals surface area contributed by atoms with Crippen LogP contribution in [0.2, 0.25) is 0 Å². The summed E-state index contributed by atoms with van der Waals surface area (Å²) >= 11 is 3.30. The Morgan fingerprint density at radius 1 is 1.56 bits per heavy atom. The van der Waals surface area contributed by atoms with Crippen LogP contribution >= 0.6 is 15.9 Å². The second kappa shape index (κ2) is 5.65. The van der Waals surface area contributed by atoms with Crippen LogP contribution in [-0.2, 0) is 0 Å². The summed E-state index contributed by atoms with van der Waals surface area (Å²) in [6.45, 7) is 1.81. The molecule has 86 valence electrons. The molecule has 0 atom stereocenters. The van der Waals surface area contributed by atoms with Crippen molar-refractivity contribution in [1.82, 2.24) is 0 Å². The average molecular weight is 285 g/mol. The second-order valence-corrected chi connectivity index (χ2v) is 4.22. The van der Waals surface area contributed by atoms with Crippen molar-refractivity contribution in [3.8, 4) is 0 Å². The summed E-state index contributed by atoms with van der Waals surface area (Å²) in [6, 6.07) is 3.32. The first kappa shape index (κ1) is 12.7. The number of nitro groups is 1. The summed E-state index contributed by atoms with van der Waals surface area (Å²) in [6.07, 6.45) is 4.61. The van der Waals surface area contributed by atoms with Crippen LogP contribution in [0.25, 0.3) is 6.08 Å². The van der Waals surface area contributed by atoms with Gasteiger partial charge >= 0.3 is 0 Å². The average Bonchev–Trinajstić information content (AvgIpc) is 2.22. The van der Waals surface area contributed by atoms with Gasteiger partial charge in [-0.05, 0) is 25.0 Å². The smallest absolute Gasteiger partial charge is 0.292 e. The van der Waals surface area contributed by atoms with Crippen LogP contribution in [0, 0.1) is 17.0 Å². The monoisotopic (exact) mass is 284 g/mol. The maximum Gasteiger partial charge on any atom is 0.292 e. The van der Waals surface area contributed by atoms with Crippen molar-refractivity contribution < 1.29 is 4.92 Å². The lowest BCUT2D eigenvalue weighted by Crippen LogP contribution is -1.98. The minimum Gasteiger partial charge on any atom is -0.393 e. The molecule has 1 aromatic rings. The highest BCUT2D eigenvalue weighted by Gasteiger charge is 2.14. The van der Waals surface area contributed by atoms with Crippen molar-refractivity contribution in [2.45, 2.75) is 13.3 Å². The number of rotatable bonds is 4. The highest BCUT2D eigenvalue weighted by atomic mass is 79.9. The zero-order valence-electron chi connectivity index (χ0n) is 8.94. The first-order chi connectivity index (χ1) is 7.56. The van der Waals surface area contributed by atoms with Gasteiger partial charge in [0.15, 0.2) is 0 Å². The molecule has 0 heterocycles. The Labute approximate surface area is 102 Å². The number of allylic oxidation sites excluding steroid dienone is 1. The van der Waals surface area contributed by atoms with Crippen molar-refractivity contribution in [1.29, 1.82) is 0 Å². The Kier molecular flexibility index (Phi) is 4.49.